The van der Waals surface area contributed by atoms with Gasteiger partial charge in [-0.1, -0.05) is 18.2 Å². The van der Waals surface area contributed by atoms with E-state index in [9.17, 15) is 8.42 Å². The van der Waals surface area contributed by atoms with E-state index >= 15 is 0 Å². The molecule has 0 radical (unpaired) electrons. The molecule has 0 fully saturated rings. The molecule has 0 spiro atoms. The van der Waals surface area contributed by atoms with Crippen LogP contribution < -0.4 is 4.72 Å². The Morgan fingerprint density at radius 3 is 2.44 bits per heavy atom. The van der Waals surface area contributed by atoms with Gasteiger partial charge in [0.2, 0.25) is 10.0 Å². The first-order valence-corrected chi connectivity index (χ1v) is 13.8. The number of sulfonamides is 1. The molecule has 0 aliphatic heterocycles. The van der Waals surface area contributed by atoms with Crippen molar-refractivity contribution >= 4 is 44.0 Å². The predicted octanol–water partition coefficient (Wildman–Crippen LogP) is 5.51. The minimum Gasteiger partial charge on any atom is -0.276 e. The van der Waals surface area contributed by atoms with Crippen LogP contribution >= 0.6 is 34.0 Å². The SMILES string of the molecule is O=S(=O)(NCCc1c(-c2cccs2)n[nH]c1-c1cccs1)c1ccc(-c2ccccn2)s1. The molecule has 5 aromatic heterocycles. The van der Waals surface area contributed by atoms with E-state index in [-0.39, 0.29) is 10.8 Å². The zero-order chi connectivity index (χ0) is 22.0. The van der Waals surface area contributed by atoms with Gasteiger partial charge in [-0.05, 0) is 53.6 Å². The van der Waals surface area contributed by atoms with Crippen LogP contribution in [0.25, 0.3) is 31.7 Å². The maximum absolute atomic E-state index is 12.9. The summed E-state index contributed by atoms with van der Waals surface area (Å²) in [5.74, 6) is 0. The molecule has 5 heterocycles. The largest absolute Gasteiger partial charge is 0.276 e. The Morgan fingerprint density at radius 1 is 0.906 bits per heavy atom. The molecule has 5 aromatic rings. The first kappa shape index (κ1) is 21.2. The number of aromatic nitrogens is 3. The molecule has 0 aliphatic carbocycles. The van der Waals surface area contributed by atoms with Gasteiger partial charge in [0.15, 0.2) is 0 Å². The maximum atomic E-state index is 12.9. The van der Waals surface area contributed by atoms with Crippen molar-refractivity contribution in [1.82, 2.24) is 19.9 Å². The molecule has 0 unspecified atom stereocenters. The summed E-state index contributed by atoms with van der Waals surface area (Å²) in [6.07, 6.45) is 2.22. The standard InChI is InChI=1S/C22H18N4O2S4/c27-32(28,20-9-8-17(31-20)16-5-1-2-11-23-16)24-12-10-15-21(18-6-3-13-29-18)25-26-22(15)19-7-4-14-30-19/h1-9,11,13-14,24H,10,12H2,(H,25,26). The summed E-state index contributed by atoms with van der Waals surface area (Å²) in [5.41, 5.74) is 3.59. The van der Waals surface area contributed by atoms with Gasteiger partial charge in [0, 0.05) is 18.3 Å². The van der Waals surface area contributed by atoms with Gasteiger partial charge in [0.25, 0.3) is 0 Å². The minimum absolute atomic E-state index is 0.273. The number of aromatic amines is 1. The van der Waals surface area contributed by atoms with Crippen molar-refractivity contribution < 1.29 is 8.42 Å². The van der Waals surface area contributed by atoms with E-state index in [0.29, 0.717) is 6.42 Å². The second-order valence-electron chi connectivity index (χ2n) is 6.86. The molecule has 5 rings (SSSR count). The average molecular weight is 499 g/mol. The second kappa shape index (κ2) is 9.08. The van der Waals surface area contributed by atoms with Crippen LogP contribution in [0.1, 0.15) is 5.56 Å². The summed E-state index contributed by atoms with van der Waals surface area (Å²) in [4.78, 5) is 7.25. The van der Waals surface area contributed by atoms with Gasteiger partial charge < -0.3 is 0 Å². The highest BCUT2D eigenvalue weighted by atomic mass is 32.2. The highest BCUT2D eigenvalue weighted by molar-refractivity contribution is 7.91. The lowest BCUT2D eigenvalue weighted by molar-refractivity contribution is 0.584. The zero-order valence-electron chi connectivity index (χ0n) is 16.7. The van der Waals surface area contributed by atoms with Gasteiger partial charge in [0.1, 0.15) is 9.90 Å². The maximum Gasteiger partial charge on any atom is 0.250 e. The van der Waals surface area contributed by atoms with E-state index in [1.54, 1.807) is 41.0 Å². The average Bonchev–Trinajstić information content (AvgIpc) is 3.61. The van der Waals surface area contributed by atoms with Gasteiger partial charge >= 0.3 is 0 Å². The zero-order valence-corrected chi connectivity index (χ0v) is 20.0. The lowest BCUT2D eigenvalue weighted by atomic mass is 10.1. The second-order valence-corrected chi connectivity index (χ2v) is 11.8. The van der Waals surface area contributed by atoms with Crippen molar-refractivity contribution in [1.29, 1.82) is 0 Å². The number of nitrogens with zero attached hydrogens (tertiary/aromatic N) is 2. The van der Waals surface area contributed by atoms with Crippen molar-refractivity contribution in [3.8, 4) is 31.7 Å². The van der Waals surface area contributed by atoms with Gasteiger partial charge in [-0.2, -0.15) is 5.10 Å². The van der Waals surface area contributed by atoms with Gasteiger partial charge in [-0.25, -0.2) is 13.1 Å². The normalized spacial score (nSPS) is 11.8. The Balaban J connectivity index is 1.35. The van der Waals surface area contributed by atoms with Crippen molar-refractivity contribution in [2.45, 2.75) is 10.6 Å². The van der Waals surface area contributed by atoms with Crippen LogP contribution in [0.4, 0.5) is 0 Å². The Morgan fingerprint density at radius 2 is 1.72 bits per heavy atom. The summed E-state index contributed by atoms with van der Waals surface area (Å²) in [6.45, 7) is 0.273. The van der Waals surface area contributed by atoms with Crippen LogP contribution in [-0.4, -0.2) is 30.1 Å². The number of H-pyrrole nitrogens is 1. The van der Waals surface area contributed by atoms with E-state index in [4.69, 9.17) is 0 Å². The highest BCUT2D eigenvalue weighted by Crippen LogP contribution is 2.35. The fraction of sp³-hybridized carbons (Fsp3) is 0.0909. The molecular formula is C22H18N4O2S4. The minimum atomic E-state index is -3.62. The molecule has 0 atom stereocenters. The molecule has 0 saturated carbocycles. The highest BCUT2D eigenvalue weighted by Gasteiger charge is 2.21. The number of hydrogen-bond donors (Lipinski definition) is 2. The molecule has 32 heavy (non-hydrogen) atoms. The Kier molecular flexibility index (Phi) is 6.03. The molecule has 0 aliphatic rings. The predicted molar refractivity (Wildman–Crippen MR) is 132 cm³/mol. The van der Waals surface area contributed by atoms with Crippen molar-refractivity contribution in [3.63, 3.8) is 0 Å². The molecule has 10 heteroatoms. The first-order valence-electron chi connectivity index (χ1n) is 9.78. The molecule has 2 N–H and O–H groups in total. The molecule has 162 valence electrons. The summed E-state index contributed by atoms with van der Waals surface area (Å²) in [6, 6.07) is 17.1. The van der Waals surface area contributed by atoms with Gasteiger partial charge in [-0.3, -0.25) is 10.1 Å². The number of hydrogen-bond acceptors (Lipinski definition) is 7. The van der Waals surface area contributed by atoms with Crippen LogP contribution in [0.15, 0.2) is 75.8 Å². The van der Waals surface area contributed by atoms with E-state index in [1.807, 2.05) is 53.2 Å². The van der Waals surface area contributed by atoms with Gasteiger partial charge in [0.05, 0.1) is 26.0 Å². The van der Waals surface area contributed by atoms with E-state index in [0.717, 1.165) is 37.3 Å². The number of rotatable bonds is 8. The molecule has 0 bridgehead atoms. The van der Waals surface area contributed by atoms with Crippen molar-refractivity contribution in [2.24, 2.45) is 0 Å². The number of nitrogens with one attached hydrogen (secondary N) is 2. The van der Waals surface area contributed by atoms with Crippen LogP contribution in [0.2, 0.25) is 0 Å². The molecule has 0 saturated heterocycles. The molecule has 0 amide bonds. The number of pyridine rings is 1. The Labute approximate surface area is 197 Å². The van der Waals surface area contributed by atoms with Crippen LogP contribution in [0.5, 0.6) is 0 Å². The third kappa shape index (κ3) is 4.32. The van der Waals surface area contributed by atoms with Crippen LogP contribution in [-0.2, 0) is 16.4 Å². The van der Waals surface area contributed by atoms with Crippen molar-refractivity contribution in [3.05, 3.63) is 77.1 Å². The van der Waals surface area contributed by atoms with Crippen LogP contribution in [0.3, 0.4) is 0 Å². The monoisotopic (exact) mass is 498 g/mol. The smallest absolute Gasteiger partial charge is 0.250 e. The third-order valence-corrected chi connectivity index (χ3v) is 9.64. The third-order valence-electron chi connectivity index (χ3n) is 4.82. The van der Waals surface area contributed by atoms with E-state index < -0.39 is 10.0 Å². The fourth-order valence-electron chi connectivity index (χ4n) is 3.34. The topological polar surface area (TPSA) is 87.7 Å². The molecular weight excluding hydrogens is 481 g/mol. The summed E-state index contributed by atoms with van der Waals surface area (Å²) in [7, 11) is -3.62. The number of thiophene rings is 3. The van der Waals surface area contributed by atoms with E-state index in [2.05, 4.69) is 19.9 Å². The fourth-order valence-corrected chi connectivity index (χ4v) is 7.19. The summed E-state index contributed by atoms with van der Waals surface area (Å²) >= 11 is 4.46. The Bertz CT molecular complexity index is 1350. The molecule has 6 nitrogen and oxygen atoms in total. The van der Waals surface area contributed by atoms with Crippen molar-refractivity contribution in [2.75, 3.05) is 6.54 Å². The lowest BCUT2D eigenvalue weighted by Gasteiger charge is -2.07. The summed E-state index contributed by atoms with van der Waals surface area (Å²) in [5, 5.41) is 11.7. The lowest BCUT2D eigenvalue weighted by Crippen LogP contribution is -2.25. The Hall–Kier alpha value is -2.63. The summed E-state index contributed by atoms with van der Waals surface area (Å²) < 4.78 is 28.8. The van der Waals surface area contributed by atoms with Gasteiger partial charge in [-0.15, -0.1) is 34.0 Å². The molecule has 0 aromatic carbocycles. The quantitative estimate of drug-likeness (QED) is 0.295. The first-order chi connectivity index (χ1) is 15.6. The van der Waals surface area contributed by atoms with Crippen LogP contribution in [0, 0.1) is 0 Å². The van der Waals surface area contributed by atoms with E-state index in [1.165, 1.54) is 11.3 Å².